The zero-order valence-electron chi connectivity index (χ0n) is 14.8. The molecule has 0 saturated carbocycles. The first-order valence-electron chi connectivity index (χ1n) is 8.50. The number of para-hydroxylation sites is 1. The van der Waals surface area contributed by atoms with Gasteiger partial charge in [0.25, 0.3) is 0 Å². The van der Waals surface area contributed by atoms with Crippen molar-refractivity contribution in [2.45, 2.75) is 25.9 Å². The van der Waals surface area contributed by atoms with Crippen LogP contribution in [-0.4, -0.2) is 30.1 Å². The maximum Gasteiger partial charge on any atom is 0.313 e. The van der Waals surface area contributed by atoms with Gasteiger partial charge < -0.3 is 20.5 Å². The number of nitrogens with one attached hydrogen (secondary N) is 2. The van der Waals surface area contributed by atoms with E-state index in [2.05, 4.69) is 10.6 Å². The zero-order valence-corrected chi connectivity index (χ0v) is 14.8. The molecule has 0 aromatic heterocycles. The zero-order chi connectivity index (χ0) is 18.7. The number of ether oxygens (including phenoxy) is 1. The Bertz CT molecular complexity index is 849. The van der Waals surface area contributed by atoms with Crippen molar-refractivity contribution < 1.29 is 19.4 Å². The number of fused-ring (bicyclic) bond motifs is 1. The Kier molecular flexibility index (Phi) is 4.95. The molecule has 1 heterocycles. The van der Waals surface area contributed by atoms with Crippen LogP contribution in [0.3, 0.4) is 0 Å². The first kappa shape index (κ1) is 17.9. The van der Waals surface area contributed by atoms with Crippen LogP contribution in [-0.2, 0) is 15.2 Å². The molecule has 1 aliphatic heterocycles. The highest BCUT2D eigenvalue weighted by molar-refractivity contribution is 6.39. The average Bonchev–Trinajstić information content (AvgIpc) is 2.62. The first-order chi connectivity index (χ1) is 12.4. The molecule has 0 fully saturated rings. The molecule has 3 N–H and O–H groups in total. The number of aryl methyl sites for hydroxylation is 2. The fourth-order valence-electron chi connectivity index (χ4n) is 3.06. The van der Waals surface area contributed by atoms with E-state index in [4.69, 9.17) is 4.74 Å². The van der Waals surface area contributed by atoms with Gasteiger partial charge in [-0.05, 0) is 31.5 Å². The monoisotopic (exact) mass is 354 g/mol. The minimum Gasteiger partial charge on any atom is -0.493 e. The van der Waals surface area contributed by atoms with E-state index in [9.17, 15) is 14.7 Å². The summed E-state index contributed by atoms with van der Waals surface area (Å²) < 4.78 is 5.52. The van der Waals surface area contributed by atoms with Crippen LogP contribution in [0, 0.1) is 13.8 Å². The number of amides is 2. The Morgan fingerprint density at radius 1 is 1.15 bits per heavy atom. The summed E-state index contributed by atoms with van der Waals surface area (Å²) in [4.78, 5) is 24.3. The van der Waals surface area contributed by atoms with Crippen LogP contribution in [0.5, 0.6) is 5.75 Å². The molecule has 2 aromatic carbocycles. The van der Waals surface area contributed by atoms with Crippen molar-refractivity contribution in [1.29, 1.82) is 0 Å². The lowest BCUT2D eigenvalue weighted by atomic mass is 9.88. The molecule has 0 spiro atoms. The van der Waals surface area contributed by atoms with Crippen molar-refractivity contribution in [3.63, 3.8) is 0 Å². The molecule has 2 aromatic rings. The summed E-state index contributed by atoms with van der Waals surface area (Å²) in [6, 6.07) is 12.7. The molecule has 1 unspecified atom stereocenters. The van der Waals surface area contributed by atoms with Crippen molar-refractivity contribution in [3.8, 4) is 5.75 Å². The van der Waals surface area contributed by atoms with E-state index in [0.29, 0.717) is 30.0 Å². The largest absolute Gasteiger partial charge is 0.493 e. The van der Waals surface area contributed by atoms with Gasteiger partial charge in [0.2, 0.25) is 0 Å². The predicted octanol–water partition coefficient (Wildman–Crippen LogP) is 2.03. The molecule has 6 heteroatoms. The number of anilines is 1. The molecule has 0 aliphatic carbocycles. The van der Waals surface area contributed by atoms with Crippen LogP contribution < -0.4 is 15.4 Å². The Balaban J connectivity index is 1.64. The minimum absolute atomic E-state index is 0.0630. The molecule has 6 nitrogen and oxygen atoms in total. The van der Waals surface area contributed by atoms with Crippen molar-refractivity contribution in [2.24, 2.45) is 0 Å². The smallest absolute Gasteiger partial charge is 0.313 e. The van der Waals surface area contributed by atoms with E-state index in [-0.39, 0.29) is 6.54 Å². The highest BCUT2D eigenvalue weighted by Crippen LogP contribution is 2.36. The third-order valence-electron chi connectivity index (χ3n) is 4.54. The topological polar surface area (TPSA) is 87.7 Å². The Morgan fingerprint density at radius 2 is 1.92 bits per heavy atom. The van der Waals surface area contributed by atoms with Gasteiger partial charge >= 0.3 is 11.8 Å². The second-order valence-corrected chi connectivity index (χ2v) is 6.58. The van der Waals surface area contributed by atoms with Gasteiger partial charge in [0.05, 0.1) is 13.2 Å². The summed E-state index contributed by atoms with van der Waals surface area (Å²) in [5, 5.41) is 16.0. The van der Waals surface area contributed by atoms with Gasteiger partial charge in [-0.2, -0.15) is 0 Å². The van der Waals surface area contributed by atoms with Gasteiger partial charge in [-0.1, -0.05) is 35.9 Å². The quantitative estimate of drug-likeness (QED) is 0.736. The number of rotatable bonds is 3. The van der Waals surface area contributed by atoms with E-state index in [1.807, 2.05) is 32.0 Å². The highest BCUT2D eigenvalue weighted by atomic mass is 16.5. The standard InChI is InChI=1S/C20H22N2O4/c1-13-7-8-16(14(2)11-13)22-19(24)18(23)21-12-20(25)9-10-26-17-6-4-3-5-15(17)20/h3-8,11,25H,9-10,12H2,1-2H3,(H,21,23)(H,22,24). The molecule has 1 aliphatic rings. The van der Waals surface area contributed by atoms with Crippen molar-refractivity contribution in [2.75, 3.05) is 18.5 Å². The number of hydrogen-bond donors (Lipinski definition) is 3. The van der Waals surface area contributed by atoms with E-state index in [1.54, 1.807) is 24.3 Å². The molecule has 26 heavy (non-hydrogen) atoms. The fourth-order valence-corrected chi connectivity index (χ4v) is 3.06. The normalized spacial score (nSPS) is 18.4. The van der Waals surface area contributed by atoms with Crippen LogP contribution in [0.2, 0.25) is 0 Å². The van der Waals surface area contributed by atoms with Crippen molar-refractivity contribution >= 4 is 17.5 Å². The Labute approximate surface area is 152 Å². The van der Waals surface area contributed by atoms with Crippen LogP contribution in [0.4, 0.5) is 5.69 Å². The molecule has 1 atom stereocenters. The third kappa shape index (κ3) is 3.70. The van der Waals surface area contributed by atoms with Crippen LogP contribution >= 0.6 is 0 Å². The second kappa shape index (κ2) is 7.17. The molecule has 3 rings (SSSR count). The molecule has 136 valence electrons. The van der Waals surface area contributed by atoms with Gasteiger partial charge in [-0.3, -0.25) is 9.59 Å². The average molecular weight is 354 g/mol. The second-order valence-electron chi connectivity index (χ2n) is 6.58. The number of carbonyl (C=O) groups excluding carboxylic acids is 2. The van der Waals surface area contributed by atoms with Gasteiger partial charge in [-0.15, -0.1) is 0 Å². The number of hydrogen-bond acceptors (Lipinski definition) is 4. The predicted molar refractivity (Wildman–Crippen MR) is 98.0 cm³/mol. The lowest BCUT2D eigenvalue weighted by molar-refractivity contribution is -0.137. The Hall–Kier alpha value is -2.86. The van der Waals surface area contributed by atoms with Crippen LogP contribution in [0.15, 0.2) is 42.5 Å². The van der Waals surface area contributed by atoms with Gasteiger partial charge in [0.1, 0.15) is 11.4 Å². The summed E-state index contributed by atoms with van der Waals surface area (Å²) in [5.41, 5.74) is 1.89. The summed E-state index contributed by atoms with van der Waals surface area (Å²) in [6.07, 6.45) is 0.336. The fraction of sp³-hybridized carbons (Fsp3) is 0.300. The SMILES string of the molecule is Cc1ccc(NC(=O)C(=O)NCC2(O)CCOc3ccccc32)c(C)c1. The molecular formula is C20H22N2O4. The molecule has 0 radical (unpaired) electrons. The number of aliphatic hydroxyl groups is 1. The lowest BCUT2D eigenvalue weighted by Gasteiger charge is -2.34. The van der Waals surface area contributed by atoms with Gasteiger partial charge in [0, 0.05) is 17.7 Å². The highest BCUT2D eigenvalue weighted by Gasteiger charge is 2.36. The molecular weight excluding hydrogens is 332 g/mol. The summed E-state index contributed by atoms with van der Waals surface area (Å²) in [5.74, 6) is -0.960. The van der Waals surface area contributed by atoms with Crippen LogP contribution in [0.25, 0.3) is 0 Å². The van der Waals surface area contributed by atoms with Gasteiger partial charge in [0.15, 0.2) is 0 Å². The molecule has 0 bridgehead atoms. The molecule has 0 saturated heterocycles. The van der Waals surface area contributed by atoms with E-state index in [0.717, 1.165) is 11.1 Å². The van der Waals surface area contributed by atoms with Crippen molar-refractivity contribution in [3.05, 3.63) is 59.2 Å². The van der Waals surface area contributed by atoms with Gasteiger partial charge in [-0.25, -0.2) is 0 Å². The minimum atomic E-state index is -1.26. The summed E-state index contributed by atoms with van der Waals surface area (Å²) in [6.45, 7) is 4.10. The Morgan fingerprint density at radius 3 is 2.69 bits per heavy atom. The van der Waals surface area contributed by atoms with Crippen LogP contribution in [0.1, 0.15) is 23.1 Å². The maximum absolute atomic E-state index is 12.2. The lowest BCUT2D eigenvalue weighted by Crippen LogP contribution is -2.46. The van der Waals surface area contributed by atoms with E-state index < -0.39 is 17.4 Å². The number of carbonyl (C=O) groups is 2. The molecule has 2 amide bonds. The summed E-state index contributed by atoms with van der Waals surface area (Å²) >= 11 is 0. The first-order valence-corrected chi connectivity index (χ1v) is 8.50. The maximum atomic E-state index is 12.2. The van der Waals surface area contributed by atoms with E-state index in [1.165, 1.54) is 0 Å². The number of benzene rings is 2. The van der Waals surface area contributed by atoms with E-state index >= 15 is 0 Å². The third-order valence-corrected chi connectivity index (χ3v) is 4.54. The van der Waals surface area contributed by atoms with Crippen molar-refractivity contribution in [1.82, 2.24) is 5.32 Å². The summed E-state index contributed by atoms with van der Waals surface area (Å²) in [7, 11) is 0.